The number of rotatable bonds is 7. The van der Waals surface area contributed by atoms with Gasteiger partial charge in [0.1, 0.15) is 0 Å². The Morgan fingerprint density at radius 2 is 2.24 bits per heavy atom. The van der Waals surface area contributed by atoms with E-state index in [1.165, 1.54) is 0 Å². The molecular weight excluding hydrogens is 270 g/mol. The van der Waals surface area contributed by atoms with Gasteiger partial charge in [0.25, 0.3) is 5.89 Å². The van der Waals surface area contributed by atoms with Crippen LogP contribution in [-0.4, -0.2) is 24.3 Å². The van der Waals surface area contributed by atoms with Crippen LogP contribution < -0.4 is 14.8 Å². The molecule has 0 spiro atoms. The van der Waals surface area contributed by atoms with Crippen molar-refractivity contribution in [2.45, 2.75) is 31.9 Å². The van der Waals surface area contributed by atoms with Gasteiger partial charge in [0.05, 0.1) is 7.11 Å². The number of aromatic nitrogens is 2. The first-order valence-electron chi connectivity index (χ1n) is 7.07. The van der Waals surface area contributed by atoms with Crippen molar-refractivity contribution in [3.05, 3.63) is 35.5 Å². The molecule has 0 bridgehead atoms. The average molecular weight is 289 g/mol. The molecule has 1 N–H and O–H groups in total. The van der Waals surface area contributed by atoms with Crippen LogP contribution in [0.1, 0.15) is 36.0 Å². The van der Waals surface area contributed by atoms with Crippen LogP contribution in [0.4, 0.5) is 0 Å². The summed E-state index contributed by atoms with van der Waals surface area (Å²) in [6.07, 6.45) is 2.30. The highest BCUT2D eigenvalue weighted by atomic mass is 16.5. The van der Waals surface area contributed by atoms with Crippen LogP contribution in [0.3, 0.4) is 0 Å². The number of nitrogens with one attached hydrogen (secondary N) is 1. The second-order valence-electron chi connectivity index (χ2n) is 5.09. The van der Waals surface area contributed by atoms with Gasteiger partial charge in [-0.2, -0.15) is 4.98 Å². The lowest BCUT2D eigenvalue weighted by Crippen LogP contribution is -2.08. The van der Waals surface area contributed by atoms with Gasteiger partial charge in [0, 0.05) is 18.0 Å². The number of benzene rings is 1. The molecule has 1 aliphatic rings. The number of methoxy groups -OCH3 is 1. The van der Waals surface area contributed by atoms with Crippen molar-refractivity contribution in [2.24, 2.45) is 0 Å². The van der Waals surface area contributed by atoms with Gasteiger partial charge in [-0.15, -0.1) is 0 Å². The first kappa shape index (κ1) is 13.9. The maximum Gasteiger partial charge on any atom is 0.264 e. The van der Waals surface area contributed by atoms with Crippen LogP contribution in [0, 0.1) is 0 Å². The van der Waals surface area contributed by atoms with Crippen LogP contribution in [0.5, 0.6) is 11.5 Å². The molecule has 0 unspecified atom stereocenters. The zero-order valence-electron chi connectivity index (χ0n) is 12.3. The van der Waals surface area contributed by atoms with Crippen LogP contribution in [0.25, 0.3) is 0 Å². The van der Waals surface area contributed by atoms with Gasteiger partial charge in [-0.05, 0) is 26.0 Å². The van der Waals surface area contributed by atoms with Gasteiger partial charge in [-0.1, -0.05) is 17.3 Å². The van der Waals surface area contributed by atoms with Gasteiger partial charge >= 0.3 is 0 Å². The number of para-hydroxylation sites is 1. The molecular formula is C15H19N3O3. The Kier molecular flexibility index (Phi) is 4.06. The predicted octanol–water partition coefficient (Wildman–Crippen LogP) is 2.25. The van der Waals surface area contributed by atoms with E-state index in [0.717, 1.165) is 24.2 Å². The number of ether oxygens (including phenoxy) is 2. The van der Waals surface area contributed by atoms with Gasteiger partial charge < -0.3 is 19.3 Å². The van der Waals surface area contributed by atoms with E-state index in [-0.39, 0.29) is 6.61 Å². The molecule has 6 heteroatoms. The monoisotopic (exact) mass is 289 g/mol. The standard InChI is InChI=1S/C15H19N3O3/c1-16-8-11-4-3-5-12(19-2)14(11)20-9-13-17-15(18-21-13)10-6-7-10/h3-5,10,16H,6-9H2,1-2H3. The smallest absolute Gasteiger partial charge is 0.264 e. The zero-order valence-corrected chi connectivity index (χ0v) is 12.3. The van der Waals surface area contributed by atoms with Crippen LogP contribution in [-0.2, 0) is 13.2 Å². The van der Waals surface area contributed by atoms with Gasteiger partial charge in [-0.25, -0.2) is 0 Å². The topological polar surface area (TPSA) is 69.4 Å². The molecule has 112 valence electrons. The second kappa shape index (κ2) is 6.13. The van der Waals surface area contributed by atoms with E-state index in [4.69, 9.17) is 14.0 Å². The lowest BCUT2D eigenvalue weighted by atomic mass is 10.2. The summed E-state index contributed by atoms with van der Waals surface area (Å²) >= 11 is 0. The Morgan fingerprint density at radius 3 is 2.95 bits per heavy atom. The minimum Gasteiger partial charge on any atom is -0.493 e. The molecule has 6 nitrogen and oxygen atoms in total. The Bertz CT molecular complexity index is 608. The SMILES string of the molecule is CNCc1cccc(OC)c1OCc1nc(C2CC2)no1. The average Bonchev–Trinajstić information content (AvgIpc) is 3.25. The van der Waals surface area contributed by atoms with Crippen LogP contribution >= 0.6 is 0 Å². The molecule has 3 rings (SSSR count). The third kappa shape index (κ3) is 3.16. The van der Waals surface area contributed by atoms with Crippen molar-refractivity contribution in [3.8, 4) is 11.5 Å². The van der Waals surface area contributed by atoms with Crippen molar-refractivity contribution in [1.29, 1.82) is 0 Å². The minimum atomic E-state index is 0.247. The van der Waals surface area contributed by atoms with Crippen molar-refractivity contribution in [3.63, 3.8) is 0 Å². The lowest BCUT2D eigenvalue weighted by Gasteiger charge is -2.13. The molecule has 21 heavy (non-hydrogen) atoms. The first-order chi connectivity index (χ1) is 10.3. The number of nitrogens with zero attached hydrogens (tertiary/aromatic N) is 2. The van der Waals surface area contributed by atoms with E-state index in [1.54, 1.807) is 7.11 Å². The fourth-order valence-electron chi connectivity index (χ4n) is 2.18. The zero-order chi connectivity index (χ0) is 14.7. The van der Waals surface area contributed by atoms with Gasteiger partial charge in [-0.3, -0.25) is 0 Å². The van der Waals surface area contributed by atoms with Crippen molar-refractivity contribution in [2.75, 3.05) is 14.2 Å². The molecule has 1 fully saturated rings. The van der Waals surface area contributed by atoms with Crippen LogP contribution in [0.15, 0.2) is 22.7 Å². The molecule has 0 atom stereocenters. The highest BCUT2D eigenvalue weighted by Gasteiger charge is 2.28. The largest absolute Gasteiger partial charge is 0.493 e. The molecule has 2 aromatic rings. The Hall–Kier alpha value is -2.08. The molecule has 0 radical (unpaired) electrons. The molecule has 1 aliphatic carbocycles. The second-order valence-corrected chi connectivity index (χ2v) is 5.09. The molecule has 0 amide bonds. The summed E-state index contributed by atoms with van der Waals surface area (Å²) in [6, 6.07) is 5.81. The summed E-state index contributed by atoms with van der Waals surface area (Å²) in [4.78, 5) is 4.36. The molecule has 1 heterocycles. The predicted molar refractivity (Wildman–Crippen MR) is 76.4 cm³/mol. The van der Waals surface area contributed by atoms with E-state index >= 15 is 0 Å². The third-order valence-corrected chi connectivity index (χ3v) is 3.41. The summed E-state index contributed by atoms with van der Waals surface area (Å²) < 4.78 is 16.4. The quantitative estimate of drug-likeness (QED) is 0.843. The summed E-state index contributed by atoms with van der Waals surface area (Å²) in [5.41, 5.74) is 1.03. The first-order valence-corrected chi connectivity index (χ1v) is 7.07. The van der Waals surface area contributed by atoms with E-state index in [0.29, 0.717) is 29.9 Å². The number of hydrogen-bond acceptors (Lipinski definition) is 6. The molecule has 1 saturated carbocycles. The number of hydrogen-bond donors (Lipinski definition) is 1. The molecule has 1 aromatic carbocycles. The fraction of sp³-hybridized carbons (Fsp3) is 0.467. The summed E-state index contributed by atoms with van der Waals surface area (Å²) in [5.74, 6) is 3.18. The maximum absolute atomic E-state index is 5.85. The van der Waals surface area contributed by atoms with Gasteiger partial charge in [0.2, 0.25) is 0 Å². The molecule has 0 saturated heterocycles. The Morgan fingerprint density at radius 1 is 1.38 bits per heavy atom. The minimum absolute atomic E-state index is 0.247. The summed E-state index contributed by atoms with van der Waals surface area (Å²) in [7, 11) is 3.52. The Labute approximate surface area is 123 Å². The summed E-state index contributed by atoms with van der Waals surface area (Å²) in [6.45, 7) is 0.945. The van der Waals surface area contributed by atoms with E-state index < -0.39 is 0 Å². The molecule has 1 aromatic heterocycles. The van der Waals surface area contributed by atoms with Crippen molar-refractivity contribution >= 4 is 0 Å². The van der Waals surface area contributed by atoms with Crippen molar-refractivity contribution < 1.29 is 14.0 Å². The summed E-state index contributed by atoms with van der Waals surface area (Å²) in [5, 5.41) is 7.10. The van der Waals surface area contributed by atoms with E-state index in [9.17, 15) is 0 Å². The van der Waals surface area contributed by atoms with Gasteiger partial charge in [0.15, 0.2) is 23.9 Å². The molecule has 0 aliphatic heterocycles. The third-order valence-electron chi connectivity index (χ3n) is 3.41. The lowest BCUT2D eigenvalue weighted by molar-refractivity contribution is 0.231. The maximum atomic E-state index is 5.85. The van der Waals surface area contributed by atoms with E-state index in [2.05, 4.69) is 15.5 Å². The highest BCUT2D eigenvalue weighted by molar-refractivity contribution is 5.46. The van der Waals surface area contributed by atoms with Crippen molar-refractivity contribution in [1.82, 2.24) is 15.5 Å². The highest BCUT2D eigenvalue weighted by Crippen LogP contribution is 2.38. The van der Waals surface area contributed by atoms with E-state index in [1.807, 2.05) is 25.2 Å². The fourth-order valence-corrected chi connectivity index (χ4v) is 2.18. The van der Waals surface area contributed by atoms with Crippen LogP contribution in [0.2, 0.25) is 0 Å². The Balaban J connectivity index is 1.73. The normalized spacial score (nSPS) is 14.2.